The Labute approximate surface area is 137 Å². The molecular formula is C17H24FN5. The lowest BCUT2D eigenvalue weighted by atomic mass is 10.1. The van der Waals surface area contributed by atoms with Crippen LogP contribution in [0.5, 0.6) is 0 Å². The number of hydrogen-bond donors (Lipinski definition) is 2. The van der Waals surface area contributed by atoms with Crippen LogP contribution in [0.25, 0.3) is 0 Å². The van der Waals surface area contributed by atoms with Crippen LogP contribution in [-0.4, -0.2) is 48.6 Å². The van der Waals surface area contributed by atoms with Gasteiger partial charge in [-0.1, -0.05) is 18.2 Å². The Hall–Kier alpha value is -2.21. The molecular weight excluding hydrogens is 293 g/mol. The number of aromatic nitrogens is 2. The third-order valence-electron chi connectivity index (χ3n) is 3.35. The Morgan fingerprint density at radius 2 is 1.87 bits per heavy atom. The molecule has 0 amide bonds. The van der Waals surface area contributed by atoms with Gasteiger partial charge in [0.1, 0.15) is 11.6 Å². The summed E-state index contributed by atoms with van der Waals surface area (Å²) in [5, 5.41) is 6.44. The fourth-order valence-corrected chi connectivity index (χ4v) is 2.16. The first-order chi connectivity index (χ1) is 11.0. The standard InChI is InChI=1S/C17H24FN5/c1-13-12-16(19-10-11-23(2)3)22-17(21-13)20-9-8-14-6-4-5-7-15(14)18/h4-7,12H,8-11H2,1-3H3,(H2,19,20,21,22). The van der Waals surface area contributed by atoms with Crippen LogP contribution < -0.4 is 10.6 Å². The molecule has 0 saturated carbocycles. The molecule has 1 aromatic heterocycles. The van der Waals surface area contributed by atoms with Crippen LogP contribution in [-0.2, 0) is 6.42 Å². The summed E-state index contributed by atoms with van der Waals surface area (Å²) in [6.45, 7) is 4.26. The van der Waals surface area contributed by atoms with Gasteiger partial charge in [0.05, 0.1) is 0 Å². The predicted molar refractivity (Wildman–Crippen MR) is 92.4 cm³/mol. The Balaban J connectivity index is 1.89. The van der Waals surface area contributed by atoms with Gasteiger partial charge in [0.15, 0.2) is 0 Å². The smallest absolute Gasteiger partial charge is 0.224 e. The number of hydrogen-bond acceptors (Lipinski definition) is 5. The fraction of sp³-hybridized carbons (Fsp3) is 0.412. The lowest BCUT2D eigenvalue weighted by Gasteiger charge is -2.12. The summed E-state index contributed by atoms with van der Waals surface area (Å²) in [5.74, 6) is 1.19. The van der Waals surface area contributed by atoms with Gasteiger partial charge < -0.3 is 15.5 Å². The molecule has 23 heavy (non-hydrogen) atoms. The molecule has 0 atom stereocenters. The highest BCUT2D eigenvalue weighted by Crippen LogP contribution is 2.11. The summed E-state index contributed by atoms with van der Waals surface area (Å²) in [6, 6.07) is 8.72. The van der Waals surface area contributed by atoms with Gasteiger partial charge in [-0.05, 0) is 39.1 Å². The van der Waals surface area contributed by atoms with Crippen molar-refractivity contribution in [2.75, 3.05) is 44.4 Å². The van der Waals surface area contributed by atoms with Crippen LogP contribution >= 0.6 is 0 Å². The van der Waals surface area contributed by atoms with Crippen LogP contribution in [0.4, 0.5) is 16.2 Å². The van der Waals surface area contributed by atoms with E-state index in [4.69, 9.17) is 0 Å². The lowest BCUT2D eigenvalue weighted by molar-refractivity contribution is 0.425. The molecule has 0 aliphatic rings. The zero-order valence-corrected chi connectivity index (χ0v) is 13.9. The van der Waals surface area contributed by atoms with E-state index in [1.807, 2.05) is 33.2 Å². The van der Waals surface area contributed by atoms with E-state index in [1.165, 1.54) is 6.07 Å². The minimum atomic E-state index is -0.175. The van der Waals surface area contributed by atoms with Gasteiger partial charge in [0.25, 0.3) is 0 Å². The molecule has 6 heteroatoms. The Morgan fingerprint density at radius 3 is 2.61 bits per heavy atom. The quantitative estimate of drug-likeness (QED) is 0.784. The molecule has 2 aromatic rings. The zero-order valence-electron chi connectivity index (χ0n) is 13.9. The van der Waals surface area contributed by atoms with Gasteiger partial charge in [0, 0.05) is 31.4 Å². The highest BCUT2D eigenvalue weighted by atomic mass is 19.1. The van der Waals surface area contributed by atoms with Crippen LogP contribution in [0.3, 0.4) is 0 Å². The maximum Gasteiger partial charge on any atom is 0.224 e. The number of likely N-dealkylation sites (N-methyl/N-ethyl adjacent to an activating group) is 1. The first kappa shape index (κ1) is 17.1. The number of nitrogens with one attached hydrogen (secondary N) is 2. The maximum absolute atomic E-state index is 13.6. The molecule has 1 heterocycles. The average molecular weight is 317 g/mol. The molecule has 2 N–H and O–H groups in total. The molecule has 0 saturated heterocycles. The number of rotatable bonds is 8. The second kappa shape index (κ2) is 8.43. The van der Waals surface area contributed by atoms with Crippen molar-refractivity contribution < 1.29 is 4.39 Å². The van der Waals surface area contributed by atoms with Crippen LogP contribution in [0.15, 0.2) is 30.3 Å². The predicted octanol–water partition coefficient (Wildman–Crippen LogP) is 2.55. The third-order valence-corrected chi connectivity index (χ3v) is 3.35. The van der Waals surface area contributed by atoms with Crippen LogP contribution in [0, 0.1) is 12.7 Å². The van der Waals surface area contributed by atoms with Crippen molar-refractivity contribution in [1.29, 1.82) is 0 Å². The largest absolute Gasteiger partial charge is 0.369 e. The topological polar surface area (TPSA) is 53.1 Å². The summed E-state index contributed by atoms with van der Waals surface area (Å²) in [4.78, 5) is 10.9. The van der Waals surface area contributed by atoms with Gasteiger partial charge in [-0.3, -0.25) is 0 Å². The van der Waals surface area contributed by atoms with Gasteiger partial charge in [-0.2, -0.15) is 4.98 Å². The maximum atomic E-state index is 13.6. The molecule has 5 nitrogen and oxygen atoms in total. The molecule has 0 spiro atoms. The van der Waals surface area contributed by atoms with E-state index in [9.17, 15) is 4.39 Å². The number of benzene rings is 1. The highest BCUT2D eigenvalue weighted by molar-refractivity contribution is 5.42. The number of anilines is 2. The van der Waals surface area contributed by atoms with Gasteiger partial charge in [-0.15, -0.1) is 0 Å². The number of nitrogens with zero attached hydrogens (tertiary/aromatic N) is 3. The Bertz CT molecular complexity index is 630. The summed E-state index contributed by atoms with van der Waals surface area (Å²) < 4.78 is 13.6. The van der Waals surface area contributed by atoms with E-state index in [-0.39, 0.29) is 5.82 Å². The van der Waals surface area contributed by atoms with Crippen molar-refractivity contribution in [3.8, 4) is 0 Å². The van der Waals surface area contributed by atoms with Crippen molar-refractivity contribution >= 4 is 11.8 Å². The molecule has 2 rings (SSSR count). The van der Waals surface area contributed by atoms with E-state index in [0.29, 0.717) is 24.5 Å². The third kappa shape index (κ3) is 5.83. The van der Waals surface area contributed by atoms with E-state index < -0.39 is 0 Å². The number of halogens is 1. The summed E-state index contributed by atoms with van der Waals surface area (Å²) in [5.41, 5.74) is 1.58. The summed E-state index contributed by atoms with van der Waals surface area (Å²) in [6.07, 6.45) is 0.591. The molecule has 1 aromatic carbocycles. The summed E-state index contributed by atoms with van der Waals surface area (Å²) >= 11 is 0. The van der Waals surface area contributed by atoms with Crippen LogP contribution in [0.1, 0.15) is 11.3 Å². The van der Waals surface area contributed by atoms with Gasteiger partial charge in [-0.25, -0.2) is 9.37 Å². The van der Waals surface area contributed by atoms with E-state index in [0.717, 1.165) is 24.6 Å². The number of aryl methyl sites for hydroxylation is 1. The average Bonchev–Trinajstić information content (AvgIpc) is 2.48. The summed E-state index contributed by atoms with van der Waals surface area (Å²) in [7, 11) is 4.06. The van der Waals surface area contributed by atoms with Crippen LogP contribution in [0.2, 0.25) is 0 Å². The van der Waals surface area contributed by atoms with Crippen molar-refractivity contribution in [3.63, 3.8) is 0 Å². The molecule has 0 aliphatic heterocycles. The van der Waals surface area contributed by atoms with Crippen molar-refractivity contribution in [1.82, 2.24) is 14.9 Å². The minimum absolute atomic E-state index is 0.175. The van der Waals surface area contributed by atoms with Gasteiger partial charge in [0.2, 0.25) is 5.95 Å². The highest BCUT2D eigenvalue weighted by Gasteiger charge is 2.04. The molecule has 0 radical (unpaired) electrons. The zero-order chi connectivity index (χ0) is 16.7. The molecule has 0 fully saturated rings. The monoisotopic (exact) mass is 317 g/mol. The van der Waals surface area contributed by atoms with E-state index >= 15 is 0 Å². The molecule has 0 bridgehead atoms. The van der Waals surface area contributed by atoms with E-state index in [2.05, 4.69) is 25.5 Å². The van der Waals surface area contributed by atoms with Crippen molar-refractivity contribution in [3.05, 3.63) is 47.4 Å². The van der Waals surface area contributed by atoms with Crippen molar-refractivity contribution in [2.24, 2.45) is 0 Å². The lowest BCUT2D eigenvalue weighted by Crippen LogP contribution is -2.21. The Morgan fingerprint density at radius 1 is 1.09 bits per heavy atom. The molecule has 0 aliphatic carbocycles. The first-order valence-electron chi connectivity index (χ1n) is 7.76. The second-order valence-electron chi connectivity index (χ2n) is 5.72. The first-order valence-corrected chi connectivity index (χ1v) is 7.76. The SMILES string of the molecule is Cc1cc(NCCN(C)C)nc(NCCc2ccccc2F)n1. The minimum Gasteiger partial charge on any atom is -0.369 e. The Kier molecular flexibility index (Phi) is 6.29. The molecule has 0 unspecified atom stereocenters. The second-order valence-corrected chi connectivity index (χ2v) is 5.72. The molecule has 124 valence electrons. The van der Waals surface area contributed by atoms with E-state index in [1.54, 1.807) is 12.1 Å². The van der Waals surface area contributed by atoms with Gasteiger partial charge >= 0.3 is 0 Å². The van der Waals surface area contributed by atoms with Crippen molar-refractivity contribution in [2.45, 2.75) is 13.3 Å². The fourth-order valence-electron chi connectivity index (χ4n) is 2.16. The normalized spacial score (nSPS) is 10.8.